The number of hydrogen-bond acceptors (Lipinski definition) is 3. The van der Waals surface area contributed by atoms with Gasteiger partial charge in [-0.3, -0.25) is 4.79 Å². The molecule has 0 saturated carbocycles. The van der Waals surface area contributed by atoms with Gasteiger partial charge in [-0.2, -0.15) is 0 Å². The van der Waals surface area contributed by atoms with Crippen LogP contribution in [0.25, 0.3) is 10.8 Å². The molecule has 0 aromatic heterocycles. The molecule has 184 valence electrons. The summed E-state index contributed by atoms with van der Waals surface area (Å²) in [6.45, 7) is 4.74. The minimum absolute atomic E-state index is 0.127. The number of benzene rings is 2. The van der Waals surface area contributed by atoms with E-state index in [2.05, 4.69) is 13.0 Å². The number of hydrogen-bond donors (Lipinski definition) is 0. The van der Waals surface area contributed by atoms with E-state index in [-0.39, 0.29) is 11.9 Å². The van der Waals surface area contributed by atoms with E-state index in [1.54, 1.807) is 7.11 Å². The molecule has 33 heavy (non-hydrogen) atoms. The van der Waals surface area contributed by atoms with Crippen molar-refractivity contribution >= 4 is 16.7 Å². The van der Waals surface area contributed by atoms with Crippen molar-refractivity contribution < 1.29 is 14.3 Å². The molecule has 1 atom stereocenters. The fourth-order valence-corrected chi connectivity index (χ4v) is 4.37. The lowest BCUT2D eigenvalue weighted by Crippen LogP contribution is -2.14. The van der Waals surface area contributed by atoms with Crippen molar-refractivity contribution in [3.05, 3.63) is 42.0 Å². The number of ether oxygens (including phenoxy) is 2. The van der Waals surface area contributed by atoms with Crippen LogP contribution in [0.3, 0.4) is 0 Å². The van der Waals surface area contributed by atoms with Crippen molar-refractivity contribution in [2.24, 2.45) is 0 Å². The Bertz CT molecular complexity index is 798. The van der Waals surface area contributed by atoms with E-state index in [0.29, 0.717) is 6.61 Å². The lowest BCUT2D eigenvalue weighted by atomic mass is 9.98. The molecule has 0 fully saturated rings. The predicted octanol–water partition coefficient (Wildman–Crippen LogP) is 8.98. The first kappa shape index (κ1) is 27.2. The molecule has 1 unspecified atom stereocenters. The summed E-state index contributed by atoms with van der Waals surface area (Å²) in [4.78, 5) is 12.5. The average molecular weight is 455 g/mol. The Labute approximate surface area is 202 Å². The van der Waals surface area contributed by atoms with Gasteiger partial charge < -0.3 is 9.47 Å². The number of methoxy groups -OCH3 is 1. The minimum Gasteiger partial charge on any atom is -0.497 e. The molecule has 0 heterocycles. The Kier molecular flexibility index (Phi) is 13.7. The maximum Gasteiger partial charge on any atom is 0.313 e. The zero-order valence-corrected chi connectivity index (χ0v) is 21.4. The van der Waals surface area contributed by atoms with E-state index < -0.39 is 0 Å². The van der Waals surface area contributed by atoms with Gasteiger partial charge in [0, 0.05) is 0 Å². The van der Waals surface area contributed by atoms with Crippen molar-refractivity contribution in [2.75, 3.05) is 13.7 Å². The quantitative estimate of drug-likeness (QED) is 0.166. The van der Waals surface area contributed by atoms with Crippen molar-refractivity contribution in [3.63, 3.8) is 0 Å². The number of carbonyl (C=O) groups excluding carboxylic acids is 1. The fourth-order valence-electron chi connectivity index (χ4n) is 4.37. The first-order valence-corrected chi connectivity index (χ1v) is 13.4. The second-order valence-corrected chi connectivity index (χ2v) is 9.46. The molecule has 2 rings (SSSR count). The van der Waals surface area contributed by atoms with Crippen molar-refractivity contribution in [3.8, 4) is 5.75 Å². The first-order chi connectivity index (χ1) is 16.2. The molecule has 0 bridgehead atoms. The lowest BCUT2D eigenvalue weighted by molar-refractivity contribution is -0.145. The van der Waals surface area contributed by atoms with Gasteiger partial charge in [0.05, 0.1) is 19.6 Å². The van der Waals surface area contributed by atoms with Crippen LogP contribution in [-0.2, 0) is 9.53 Å². The standard InChI is InChI=1S/C30H46O3/c1-4-5-6-7-8-9-10-11-12-13-14-15-16-17-22-33-30(31)25(2)26-18-19-28-24-29(32-3)21-20-27(28)23-26/h18-21,23-25H,4-17,22H2,1-3H3. The van der Waals surface area contributed by atoms with Crippen LogP contribution >= 0.6 is 0 Å². The van der Waals surface area contributed by atoms with Gasteiger partial charge in [-0.1, -0.05) is 115 Å². The molecule has 2 aromatic rings. The van der Waals surface area contributed by atoms with E-state index in [4.69, 9.17) is 9.47 Å². The third-order valence-corrected chi connectivity index (χ3v) is 6.67. The van der Waals surface area contributed by atoms with Crippen LogP contribution in [0, 0.1) is 0 Å². The molecule has 0 aliphatic carbocycles. The molecular weight excluding hydrogens is 408 g/mol. The van der Waals surface area contributed by atoms with Crippen molar-refractivity contribution in [1.82, 2.24) is 0 Å². The topological polar surface area (TPSA) is 35.5 Å². The van der Waals surface area contributed by atoms with Gasteiger partial charge in [-0.25, -0.2) is 0 Å². The van der Waals surface area contributed by atoms with E-state index in [1.807, 2.05) is 37.3 Å². The van der Waals surface area contributed by atoms with Gasteiger partial charge in [-0.15, -0.1) is 0 Å². The monoisotopic (exact) mass is 454 g/mol. The largest absolute Gasteiger partial charge is 0.497 e. The van der Waals surface area contributed by atoms with Crippen LogP contribution in [0.2, 0.25) is 0 Å². The molecular formula is C30H46O3. The highest BCUT2D eigenvalue weighted by Gasteiger charge is 2.17. The normalized spacial score (nSPS) is 12.1. The van der Waals surface area contributed by atoms with Crippen LogP contribution in [0.5, 0.6) is 5.75 Å². The van der Waals surface area contributed by atoms with Gasteiger partial charge in [0.15, 0.2) is 0 Å². The summed E-state index contributed by atoms with van der Waals surface area (Å²) in [5.41, 5.74) is 0.999. The Morgan fingerprint density at radius 2 is 1.24 bits per heavy atom. The summed E-state index contributed by atoms with van der Waals surface area (Å²) in [6.07, 6.45) is 18.6. The number of carbonyl (C=O) groups is 1. The second kappa shape index (κ2) is 16.6. The van der Waals surface area contributed by atoms with Gasteiger partial charge >= 0.3 is 5.97 Å². The molecule has 2 aromatic carbocycles. The fraction of sp³-hybridized carbons (Fsp3) is 0.633. The third kappa shape index (κ3) is 10.6. The molecule has 0 radical (unpaired) electrons. The van der Waals surface area contributed by atoms with Gasteiger partial charge in [0.1, 0.15) is 5.75 Å². The van der Waals surface area contributed by atoms with Crippen LogP contribution < -0.4 is 4.74 Å². The van der Waals surface area contributed by atoms with Gasteiger partial charge in [-0.05, 0) is 41.8 Å². The zero-order valence-electron chi connectivity index (χ0n) is 21.4. The number of unbranched alkanes of at least 4 members (excludes halogenated alkanes) is 13. The van der Waals surface area contributed by atoms with Crippen molar-refractivity contribution in [2.45, 2.75) is 110 Å². The summed E-state index contributed by atoms with van der Waals surface area (Å²) in [5.74, 6) is 0.469. The summed E-state index contributed by atoms with van der Waals surface area (Å²) >= 11 is 0. The van der Waals surface area contributed by atoms with Crippen LogP contribution in [-0.4, -0.2) is 19.7 Å². The molecule has 0 spiro atoms. The molecule has 0 amide bonds. The second-order valence-electron chi connectivity index (χ2n) is 9.46. The molecule has 3 heteroatoms. The van der Waals surface area contributed by atoms with Crippen LogP contribution in [0.1, 0.15) is 115 Å². The van der Waals surface area contributed by atoms with Crippen LogP contribution in [0.4, 0.5) is 0 Å². The Morgan fingerprint density at radius 3 is 1.82 bits per heavy atom. The van der Waals surface area contributed by atoms with Gasteiger partial charge in [0.25, 0.3) is 0 Å². The predicted molar refractivity (Wildman–Crippen MR) is 140 cm³/mol. The Morgan fingerprint density at radius 1 is 0.727 bits per heavy atom. The highest BCUT2D eigenvalue weighted by molar-refractivity contribution is 5.86. The minimum atomic E-state index is -0.247. The summed E-state index contributed by atoms with van der Waals surface area (Å²) in [5, 5.41) is 2.22. The van der Waals surface area contributed by atoms with E-state index in [9.17, 15) is 4.79 Å². The molecule has 3 nitrogen and oxygen atoms in total. The molecule has 0 aliphatic rings. The zero-order chi connectivity index (χ0) is 23.7. The third-order valence-electron chi connectivity index (χ3n) is 6.67. The maximum atomic E-state index is 12.5. The SMILES string of the molecule is CCCCCCCCCCCCCCCCOC(=O)C(C)c1ccc2cc(OC)ccc2c1. The molecule has 0 aliphatic heterocycles. The summed E-state index contributed by atoms with van der Waals surface area (Å²) in [6, 6.07) is 12.1. The first-order valence-electron chi connectivity index (χ1n) is 13.4. The highest BCUT2D eigenvalue weighted by atomic mass is 16.5. The van der Waals surface area contributed by atoms with Crippen molar-refractivity contribution in [1.29, 1.82) is 0 Å². The van der Waals surface area contributed by atoms with Crippen LogP contribution in [0.15, 0.2) is 36.4 Å². The van der Waals surface area contributed by atoms with E-state index in [0.717, 1.165) is 34.9 Å². The maximum absolute atomic E-state index is 12.5. The number of esters is 1. The van der Waals surface area contributed by atoms with E-state index in [1.165, 1.54) is 77.0 Å². The lowest BCUT2D eigenvalue weighted by Gasteiger charge is -2.13. The number of rotatable bonds is 18. The van der Waals surface area contributed by atoms with E-state index >= 15 is 0 Å². The highest BCUT2D eigenvalue weighted by Crippen LogP contribution is 2.26. The Balaban J connectivity index is 1.50. The average Bonchev–Trinajstić information content (AvgIpc) is 2.85. The molecule has 0 saturated heterocycles. The summed E-state index contributed by atoms with van der Waals surface area (Å²) < 4.78 is 10.8. The Hall–Kier alpha value is -2.03. The summed E-state index contributed by atoms with van der Waals surface area (Å²) in [7, 11) is 1.67. The smallest absolute Gasteiger partial charge is 0.313 e. The van der Waals surface area contributed by atoms with Gasteiger partial charge in [0.2, 0.25) is 0 Å². The number of fused-ring (bicyclic) bond motifs is 1. The molecule has 0 N–H and O–H groups in total.